The van der Waals surface area contributed by atoms with E-state index in [1.54, 1.807) is 0 Å². The number of hydrogen-bond acceptors (Lipinski definition) is 3. The molecule has 2 rings (SSSR count). The van der Waals surface area contributed by atoms with E-state index in [0.29, 0.717) is 25.3 Å². The van der Waals surface area contributed by atoms with Gasteiger partial charge in [0.15, 0.2) is 0 Å². The predicted molar refractivity (Wildman–Crippen MR) is 94.7 cm³/mol. The summed E-state index contributed by atoms with van der Waals surface area (Å²) >= 11 is 0. The quantitative estimate of drug-likeness (QED) is 0.708. The normalized spacial score (nSPS) is 18.7. The van der Waals surface area contributed by atoms with Crippen LogP contribution in [0.2, 0.25) is 0 Å². The van der Waals surface area contributed by atoms with Crippen molar-refractivity contribution in [2.45, 2.75) is 70.9 Å². The van der Waals surface area contributed by atoms with E-state index in [2.05, 4.69) is 10.6 Å². The minimum absolute atomic E-state index is 0. The number of rotatable bonds is 8. The van der Waals surface area contributed by atoms with Crippen molar-refractivity contribution in [3.63, 3.8) is 0 Å². The summed E-state index contributed by atoms with van der Waals surface area (Å²) in [6.45, 7) is 6.78. The summed E-state index contributed by atoms with van der Waals surface area (Å²) in [6, 6.07) is 0.756. The second kappa shape index (κ2) is 10.1. The molecular formula is C17H32ClN3O2. The number of nitrogens with zero attached hydrogens (tertiary/aromatic N) is 1. The van der Waals surface area contributed by atoms with Crippen LogP contribution < -0.4 is 10.6 Å². The molecule has 0 aromatic heterocycles. The fourth-order valence-electron chi connectivity index (χ4n) is 2.94. The van der Waals surface area contributed by atoms with Crippen LogP contribution in [0, 0.1) is 5.92 Å². The first-order chi connectivity index (χ1) is 10.5. The monoisotopic (exact) mass is 345 g/mol. The second-order valence-corrected chi connectivity index (χ2v) is 7.08. The minimum Gasteiger partial charge on any atom is -0.354 e. The molecule has 0 unspecified atom stereocenters. The first-order valence-electron chi connectivity index (χ1n) is 8.85. The molecule has 2 N–H and O–H groups in total. The summed E-state index contributed by atoms with van der Waals surface area (Å²) in [5, 5.41) is 6.49. The van der Waals surface area contributed by atoms with Gasteiger partial charge in [-0.3, -0.25) is 9.59 Å². The molecular weight excluding hydrogens is 314 g/mol. The number of nitrogens with one attached hydrogen (secondary N) is 2. The summed E-state index contributed by atoms with van der Waals surface area (Å²) in [5.41, 5.74) is 0. The van der Waals surface area contributed by atoms with Gasteiger partial charge in [-0.2, -0.15) is 0 Å². The van der Waals surface area contributed by atoms with Crippen molar-refractivity contribution in [1.82, 2.24) is 15.5 Å². The predicted octanol–water partition coefficient (Wildman–Crippen LogP) is 2.09. The molecule has 2 aliphatic rings. The lowest BCUT2D eigenvalue weighted by Crippen LogP contribution is -2.45. The van der Waals surface area contributed by atoms with Crippen LogP contribution in [0.1, 0.15) is 58.8 Å². The number of carbonyl (C=O) groups excluding carboxylic acids is 2. The van der Waals surface area contributed by atoms with Crippen LogP contribution in [0.5, 0.6) is 0 Å². The zero-order valence-electron chi connectivity index (χ0n) is 14.5. The highest BCUT2D eigenvalue weighted by molar-refractivity contribution is 5.85. The molecule has 0 bridgehead atoms. The van der Waals surface area contributed by atoms with Gasteiger partial charge in [-0.05, 0) is 58.4 Å². The number of piperidine rings is 1. The maximum atomic E-state index is 12.2. The average Bonchev–Trinajstić information content (AvgIpc) is 3.29. The minimum atomic E-state index is 0. The van der Waals surface area contributed by atoms with Gasteiger partial charge in [0.05, 0.1) is 0 Å². The van der Waals surface area contributed by atoms with Crippen LogP contribution in [0.25, 0.3) is 0 Å². The van der Waals surface area contributed by atoms with E-state index in [9.17, 15) is 9.59 Å². The molecule has 1 heterocycles. The molecule has 1 saturated heterocycles. The van der Waals surface area contributed by atoms with Gasteiger partial charge < -0.3 is 15.5 Å². The van der Waals surface area contributed by atoms with E-state index in [4.69, 9.17) is 0 Å². The number of halogens is 1. The molecule has 134 valence electrons. The van der Waals surface area contributed by atoms with E-state index < -0.39 is 0 Å². The van der Waals surface area contributed by atoms with Gasteiger partial charge in [0.25, 0.3) is 0 Å². The maximum Gasteiger partial charge on any atom is 0.222 e. The van der Waals surface area contributed by atoms with E-state index >= 15 is 0 Å². The van der Waals surface area contributed by atoms with Crippen LogP contribution in [-0.2, 0) is 9.59 Å². The maximum absolute atomic E-state index is 12.2. The summed E-state index contributed by atoms with van der Waals surface area (Å²) in [5.74, 6) is 1.17. The van der Waals surface area contributed by atoms with Crippen LogP contribution in [0.4, 0.5) is 0 Å². The van der Waals surface area contributed by atoms with Crippen LogP contribution >= 0.6 is 12.4 Å². The average molecular weight is 346 g/mol. The van der Waals surface area contributed by atoms with Crippen molar-refractivity contribution in [2.75, 3.05) is 19.6 Å². The molecule has 6 heteroatoms. The Morgan fingerprint density at radius 2 is 1.74 bits per heavy atom. The lowest BCUT2D eigenvalue weighted by Gasteiger charge is -2.32. The highest BCUT2D eigenvalue weighted by atomic mass is 35.5. The Bertz CT molecular complexity index is 378. The third kappa shape index (κ3) is 8.02. The topological polar surface area (TPSA) is 61.4 Å². The Balaban J connectivity index is 0.00000264. The summed E-state index contributed by atoms with van der Waals surface area (Å²) in [6.07, 6.45) is 6.48. The Morgan fingerprint density at radius 1 is 1.09 bits per heavy atom. The molecule has 1 aliphatic heterocycles. The molecule has 1 saturated carbocycles. The molecule has 5 nitrogen and oxygen atoms in total. The Kier molecular flexibility index (Phi) is 8.92. The van der Waals surface area contributed by atoms with Crippen LogP contribution in [0.3, 0.4) is 0 Å². The van der Waals surface area contributed by atoms with Crippen molar-refractivity contribution in [3.05, 3.63) is 0 Å². The van der Waals surface area contributed by atoms with Gasteiger partial charge >= 0.3 is 0 Å². The second-order valence-electron chi connectivity index (χ2n) is 7.08. The Labute approximate surface area is 146 Å². The highest BCUT2D eigenvalue weighted by Gasteiger charge is 2.25. The Morgan fingerprint density at radius 3 is 2.30 bits per heavy atom. The van der Waals surface area contributed by atoms with Gasteiger partial charge in [0.2, 0.25) is 11.8 Å². The van der Waals surface area contributed by atoms with Crippen molar-refractivity contribution in [2.24, 2.45) is 5.92 Å². The SMILES string of the molecule is CC(C)NC(=O)CCCC(=O)N1CCC(NCC2CC2)CC1.Cl. The van der Waals surface area contributed by atoms with Gasteiger partial charge in [0.1, 0.15) is 0 Å². The largest absolute Gasteiger partial charge is 0.354 e. The Hall–Kier alpha value is -0.810. The molecule has 0 radical (unpaired) electrons. The van der Waals surface area contributed by atoms with E-state index in [0.717, 1.165) is 38.4 Å². The number of carbonyl (C=O) groups is 2. The van der Waals surface area contributed by atoms with Crippen molar-refractivity contribution >= 4 is 24.2 Å². The molecule has 0 aromatic carbocycles. The lowest BCUT2D eigenvalue weighted by atomic mass is 10.0. The van der Waals surface area contributed by atoms with Gasteiger partial charge in [-0.25, -0.2) is 0 Å². The first kappa shape index (κ1) is 20.2. The first-order valence-corrected chi connectivity index (χ1v) is 8.85. The zero-order valence-corrected chi connectivity index (χ0v) is 15.3. The number of amides is 2. The molecule has 2 amide bonds. The third-order valence-corrected chi connectivity index (χ3v) is 4.48. The van der Waals surface area contributed by atoms with Crippen LogP contribution in [-0.4, -0.2) is 48.4 Å². The molecule has 0 atom stereocenters. The summed E-state index contributed by atoms with van der Waals surface area (Å²) in [7, 11) is 0. The molecule has 1 aliphatic carbocycles. The number of hydrogen-bond donors (Lipinski definition) is 2. The highest BCUT2D eigenvalue weighted by Crippen LogP contribution is 2.28. The van der Waals surface area contributed by atoms with Gasteiger partial charge in [0, 0.05) is 38.0 Å². The summed E-state index contributed by atoms with van der Waals surface area (Å²) in [4.78, 5) is 25.7. The smallest absolute Gasteiger partial charge is 0.222 e. The molecule has 0 aromatic rings. The van der Waals surface area contributed by atoms with Crippen molar-refractivity contribution in [1.29, 1.82) is 0 Å². The lowest BCUT2D eigenvalue weighted by molar-refractivity contribution is -0.132. The number of likely N-dealkylation sites (tertiary alicyclic amines) is 1. The van der Waals surface area contributed by atoms with E-state index in [-0.39, 0.29) is 30.3 Å². The van der Waals surface area contributed by atoms with Crippen molar-refractivity contribution in [3.8, 4) is 0 Å². The summed E-state index contributed by atoms with van der Waals surface area (Å²) < 4.78 is 0. The third-order valence-electron chi connectivity index (χ3n) is 4.48. The molecule has 2 fully saturated rings. The van der Waals surface area contributed by atoms with Gasteiger partial charge in [-0.1, -0.05) is 0 Å². The molecule has 0 spiro atoms. The van der Waals surface area contributed by atoms with E-state index in [1.165, 1.54) is 12.8 Å². The van der Waals surface area contributed by atoms with Crippen molar-refractivity contribution < 1.29 is 9.59 Å². The molecule has 23 heavy (non-hydrogen) atoms. The standard InChI is InChI=1S/C17H31N3O2.ClH/c1-13(2)19-16(21)4-3-5-17(22)20-10-8-15(9-11-20)18-12-14-6-7-14;/h13-15,18H,3-12H2,1-2H3,(H,19,21);1H. The fraction of sp³-hybridized carbons (Fsp3) is 0.882. The van der Waals surface area contributed by atoms with Crippen LogP contribution in [0.15, 0.2) is 0 Å². The van der Waals surface area contributed by atoms with E-state index in [1.807, 2.05) is 18.7 Å². The zero-order chi connectivity index (χ0) is 15.9. The van der Waals surface area contributed by atoms with Gasteiger partial charge in [-0.15, -0.1) is 12.4 Å². The fourth-order valence-corrected chi connectivity index (χ4v) is 2.94.